The van der Waals surface area contributed by atoms with Crippen molar-refractivity contribution in [1.82, 2.24) is 10.3 Å². The molecule has 1 aromatic heterocycles. The molecule has 0 aliphatic carbocycles. The van der Waals surface area contributed by atoms with Crippen molar-refractivity contribution in [2.75, 3.05) is 0 Å². The zero-order chi connectivity index (χ0) is 15.7. The van der Waals surface area contributed by atoms with Crippen LogP contribution in [-0.2, 0) is 0 Å². The smallest absolute Gasteiger partial charge is 0.270 e. The molecule has 2 aromatic rings. The molecule has 0 aliphatic heterocycles. The first kappa shape index (κ1) is 15.5. The molecule has 0 saturated heterocycles. The van der Waals surface area contributed by atoms with E-state index in [1.165, 1.54) is 0 Å². The summed E-state index contributed by atoms with van der Waals surface area (Å²) in [6, 6.07) is 9.77. The summed E-state index contributed by atoms with van der Waals surface area (Å²) in [5.74, 6) is -0.116. The minimum atomic E-state index is -0.261. The summed E-state index contributed by atoms with van der Waals surface area (Å²) in [6.07, 6.45) is 2.65. The second-order valence-electron chi connectivity index (χ2n) is 7.49. The van der Waals surface area contributed by atoms with E-state index in [1.807, 2.05) is 30.3 Å². The van der Waals surface area contributed by atoms with Crippen molar-refractivity contribution >= 4 is 16.7 Å². The minimum Gasteiger partial charge on any atom is -0.346 e. The number of carbonyl (C=O) groups is 1. The Bertz CT molecular complexity index is 654. The summed E-state index contributed by atoms with van der Waals surface area (Å²) >= 11 is 0. The molecule has 0 radical (unpaired) electrons. The van der Waals surface area contributed by atoms with E-state index in [9.17, 15) is 4.79 Å². The molecule has 1 N–H and O–H groups in total. The number of benzene rings is 1. The normalized spacial score (nSPS) is 12.4. The summed E-state index contributed by atoms with van der Waals surface area (Å²) < 4.78 is 0. The molecule has 1 heterocycles. The summed E-state index contributed by atoms with van der Waals surface area (Å²) in [4.78, 5) is 16.7. The first-order chi connectivity index (χ1) is 9.66. The molecule has 3 nitrogen and oxygen atoms in total. The average Bonchev–Trinajstić information content (AvgIpc) is 2.34. The number of amides is 1. The van der Waals surface area contributed by atoms with Crippen LogP contribution in [0.15, 0.2) is 36.5 Å². The number of nitrogens with one attached hydrogen (secondary N) is 1. The molecule has 1 amide bonds. The standard InChI is InChI=1S/C18H24N2O/c1-17(2,3)12-18(4,5)20-16(21)15-10-13-8-6-7-9-14(13)11-19-15/h6-11H,12H2,1-5H3,(H,20,21). The Morgan fingerprint density at radius 1 is 1.10 bits per heavy atom. The number of hydrogen-bond acceptors (Lipinski definition) is 2. The minimum absolute atomic E-state index is 0.116. The van der Waals surface area contributed by atoms with Crippen LogP contribution in [0.5, 0.6) is 0 Å². The van der Waals surface area contributed by atoms with Gasteiger partial charge in [0.05, 0.1) is 0 Å². The molecule has 0 fully saturated rings. The second-order valence-corrected chi connectivity index (χ2v) is 7.49. The van der Waals surface area contributed by atoms with Crippen molar-refractivity contribution in [2.45, 2.75) is 46.6 Å². The Kier molecular flexibility index (Phi) is 4.04. The van der Waals surface area contributed by atoms with E-state index in [1.54, 1.807) is 6.20 Å². The van der Waals surface area contributed by atoms with Crippen LogP contribution in [0.4, 0.5) is 0 Å². The molecule has 112 valence electrons. The molecule has 0 unspecified atom stereocenters. The summed E-state index contributed by atoms with van der Waals surface area (Å²) in [6.45, 7) is 10.6. The van der Waals surface area contributed by atoms with Crippen molar-refractivity contribution in [2.24, 2.45) is 5.41 Å². The van der Waals surface area contributed by atoms with Crippen molar-refractivity contribution in [3.63, 3.8) is 0 Å². The van der Waals surface area contributed by atoms with Crippen LogP contribution in [0.2, 0.25) is 0 Å². The topological polar surface area (TPSA) is 42.0 Å². The van der Waals surface area contributed by atoms with Gasteiger partial charge in [-0.05, 0) is 37.1 Å². The summed E-state index contributed by atoms with van der Waals surface area (Å²) in [7, 11) is 0. The Labute approximate surface area is 126 Å². The number of fused-ring (bicyclic) bond motifs is 1. The molecule has 3 heteroatoms. The molecular weight excluding hydrogens is 260 g/mol. The van der Waals surface area contributed by atoms with E-state index in [2.05, 4.69) is 44.9 Å². The van der Waals surface area contributed by atoms with Gasteiger partial charge in [-0.2, -0.15) is 0 Å². The number of nitrogens with zero attached hydrogens (tertiary/aromatic N) is 1. The van der Waals surface area contributed by atoms with E-state index >= 15 is 0 Å². The van der Waals surface area contributed by atoms with Crippen LogP contribution in [-0.4, -0.2) is 16.4 Å². The Morgan fingerprint density at radius 2 is 1.71 bits per heavy atom. The third-order valence-electron chi connectivity index (χ3n) is 3.29. The largest absolute Gasteiger partial charge is 0.346 e. The molecule has 0 aliphatic rings. The molecule has 1 aromatic carbocycles. The lowest BCUT2D eigenvalue weighted by Crippen LogP contribution is -2.46. The molecule has 21 heavy (non-hydrogen) atoms. The lowest BCUT2D eigenvalue weighted by Gasteiger charge is -2.33. The Morgan fingerprint density at radius 3 is 2.33 bits per heavy atom. The molecule has 0 spiro atoms. The first-order valence-electron chi connectivity index (χ1n) is 7.34. The SMILES string of the molecule is CC(C)(C)CC(C)(C)NC(=O)c1cc2ccccc2cn1. The lowest BCUT2D eigenvalue weighted by molar-refractivity contribution is 0.0886. The van der Waals surface area contributed by atoms with Gasteiger partial charge in [0.25, 0.3) is 5.91 Å². The van der Waals surface area contributed by atoms with E-state index in [0.29, 0.717) is 5.69 Å². The zero-order valence-electron chi connectivity index (χ0n) is 13.5. The van der Waals surface area contributed by atoms with Crippen LogP contribution in [0.3, 0.4) is 0 Å². The predicted molar refractivity (Wildman–Crippen MR) is 87.4 cm³/mol. The van der Waals surface area contributed by atoms with Gasteiger partial charge in [-0.15, -0.1) is 0 Å². The predicted octanol–water partition coefficient (Wildman–Crippen LogP) is 4.18. The van der Waals surface area contributed by atoms with Gasteiger partial charge in [-0.1, -0.05) is 45.0 Å². The first-order valence-corrected chi connectivity index (χ1v) is 7.34. The van der Waals surface area contributed by atoms with Crippen molar-refractivity contribution in [3.05, 3.63) is 42.2 Å². The average molecular weight is 284 g/mol. The molecule has 0 atom stereocenters. The Balaban J connectivity index is 2.18. The van der Waals surface area contributed by atoms with Crippen molar-refractivity contribution < 1.29 is 4.79 Å². The molecule has 0 saturated carbocycles. The monoisotopic (exact) mass is 284 g/mol. The van der Waals surface area contributed by atoms with Crippen LogP contribution in [0.1, 0.15) is 51.5 Å². The highest BCUT2D eigenvalue weighted by atomic mass is 16.2. The fourth-order valence-electron chi connectivity index (χ4n) is 2.95. The van der Waals surface area contributed by atoms with E-state index in [-0.39, 0.29) is 16.9 Å². The maximum absolute atomic E-state index is 12.4. The highest BCUT2D eigenvalue weighted by molar-refractivity contribution is 5.96. The van der Waals surface area contributed by atoms with Gasteiger partial charge < -0.3 is 5.32 Å². The second kappa shape index (κ2) is 5.47. The summed E-state index contributed by atoms with van der Waals surface area (Å²) in [5, 5.41) is 5.17. The van der Waals surface area contributed by atoms with Crippen LogP contribution in [0, 0.1) is 5.41 Å². The van der Waals surface area contributed by atoms with Crippen molar-refractivity contribution in [1.29, 1.82) is 0 Å². The maximum atomic E-state index is 12.4. The van der Waals surface area contributed by atoms with E-state index in [0.717, 1.165) is 17.2 Å². The summed E-state index contributed by atoms with van der Waals surface area (Å²) in [5.41, 5.74) is 0.367. The number of pyridine rings is 1. The fraction of sp³-hybridized carbons (Fsp3) is 0.444. The van der Waals surface area contributed by atoms with E-state index in [4.69, 9.17) is 0 Å². The fourth-order valence-corrected chi connectivity index (χ4v) is 2.95. The van der Waals surface area contributed by atoms with Gasteiger partial charge in [-0.25, -0.2) is 0 Å². The van der Waals surface area contributed by atoms with E-state index < -0.39 is 0 Å². The highest BCUT2D eigenvalue weighted by Crippen LogP contribution is 2.27. The maximum Gasteiger partial charge on any atom is 0.270 e. The number of carbonyl (C=O) groups excluding carboxylic acids is 1. The van der Waals surface area contributed by atoms with Gasteiger partial charge in [0.2, 0.25) is 0 Å². The molecular formula is C18H24N2O. The quantitative estimate of drug-likeness (QED) is 0.918. The number of rotatable bonds is 3. The van der Waals surface area contributed by atoms with Gasteiger partial charge in [-0.3, -0.25) is 9.78 Å². The van der Waals surface area contributed by atoms with Crippen LogP contribution >= 0.6 is 0 Å². The van der Waals surface area contributed by atoms with Crippen LogP contribution < -0.4 is 5.32 Å². The van der Waals surface area contributed by atoms with Gasteiger partial charge in [0.1, 0.15) is 5.69 Å². The van der Waals surface area contributed by atoms with Crippen molar-refractivity contribution in [3.8, 4) is 0 Å². The lowest BCUT2D eigenvalue weighted by atomic mass is 9.82. The van der Waals surface area contributed by atoms with Gasteiger partial charge in [0.15, 0.2) is 0 Å². The molecule has 2 rings (SSSR count). The highest BCUT2D eigenvalue weighted by Gasteiger charge is 2.27. The number of hydrogen-bond donors (Lipinski definition) is 1. The third kappa shape index (κ3) is 4.28. The third-order valence-corrected chi connectivity index (χ3v) is 3.29. The van der Waals surface area contributed by atoms with Gasteiger partial charge >= 0.3 is 0 Å². The Hall–Kier alpha value is -1.90. The van der Waals surface area contributed by atoms with Crippen LogP contribution in [0.25, 0.3) is 10.8 Å². The number of aromatic nitrogens is 1. The zero-order valence-corrected chi connectivity index (χ0v) is 13.5. The van der Waals surface area contributed by atoms with Gasteiger partial charge in [0, 0.05) is 17.1 Å². The molecule has 0 bridgehead atoms.